The quantitative estimate of drug-likeness (QED) is 0.575. The van der Waals surface area contributed by atoms with Crippen LogP contribution in [-0.2, 0) is 11.0 Å². The highest BCUT2D eigenvalue weighted by Gasteiger charge is 2.30. The molecule has 0 aliphatic carbocycles. The second-order valence-corrected chi connectivity index (χ2v) is 6.56. The van der Waals surface area contributed by atoms with Crippen LogP contribution in [-0.4, -0.2) is 18.4 Å². The van der Waals surface area contributed by atoms with E-state index in [1.807, 2.05) is 6.07 Å². The lowest BCUT2D eigenvalue weighted by Gasteiger charge is -2.11. The summed E-state index contributed by atoms with van der Waals surface area (Å²) in [7, 11) is 0. The fourth-order valence-electron chi connectivity index (χ4n) is 2.74. The van der Waals surface area contributed by atoms with Gasteiger partial charge >= 0.3 is 6.18 Å². The molecule has 6 nitrogen and oxygen atoms in total. The third-order valence-corrected chi connectivity index (χ3v) is 4.22. The molecule has 0 bridgehead atoms. The minimum atomic E-state index is -4.53. The number of para-hydroxylation sites is 1. The van der Waals surface area contributed by atoms with Crippen LogP contribution in [0.15, 0.2) is 72.8 Å². The van der Waals surface area contributed by atoms with Crippen molar-refractivity contribution in [2.45, 2.75) is 6.18 Å². The summed E-state index contributed by atoms with van der Waals surface area (Å²) in [4.78, 5) is 24.6. The number of nitrogens with zero attached hydrogens (tertiary/aromatic N) is 1. The molecule has 3 rings (SSSR count). The highest BCUT2D eigenvalue weighted by molar-refractivity contribution is 6.05. The van der Waals surface area contributed by atoms with Gasteiger partial charge in [0, 0.05) is 16.9 Å². The van der Waals surface area contributed by atoms with Crippen molar-refractivity contribution in [2.75, 3.05) is 17.2 Å². The van der Waals surface area contributed by atoms with Crippen molar-refractivity contribution in [1.82, 2.24) is 0 Å². The Morgan fingerprint density at radius 3 is 2.31 bits per heavy atom. The lowest BCUT2D eigenvalue weighted by molar-refractivity contribution is -0.137. The average Bonchev–Trinajstić information content (AvgIpc) is 2.77. The Morgan fingerprint density at radius 1 is 0.906 bits per heavy atom. The van der Waals surface area contributed by atoms with Gasteiger partial charge in [0.05, 0.1) is 11.1 Å². The van der Waals surface area contributed by atoms with Gasteiger partial charge in [-0.2, -0.15) is 18.4 Å². The number of carbonyl (C=O) groups is 2. The number of anilines is 2. The predicted octanol–water partition coefficient (Wildman–Crippen LogP) is 4.85. The van der Waals surface area contributed by atoms with Gasteiger partial charge in [0.2, 0.25) is 0 Å². The third kappa shape index (κ3) is 5.86. The summed E-state index contributed by atoms with van der Waals surface area (Å²) in [5.74, 6) is -0.896. The number of carbonyl (C=O) groups excluding carboxylic acids is 2. The van der Waals surface area contributed by atoms with E-state index in [0.29, 0.717) is 5.69 Å². The number of benzene rings is 3. The van der Waals surface area contributed by atoms with Crippen molar-refractivity contribution in [1.29, 1.82) is 5.26 Å². The zero-order valence-corrected chi connectivity index (χ0v) is 16.4. The van der Waals surface area contributed by atoms with Crippen molar-refractivity contribution >= 4 is 23.2 Å². The molecule has 2 N–H and O–H groups in total. The molecule has 0 aliphatic rings. The van der Waals surface area contributed by atoms with Gasteiger partial charge in [-0.1, -0.05) is 24.3 Å². The first-order valence-corrected chi connectivity index (χ1v) is 9.27. The first-order valence-electron chi connectivity index (χ1n) is 9.27. The molecule has 0 heterocycles. The molecular formula is C23H16F3N3O3. The number of hydrogen-bond donors (Lipinski definition) is 2. The minimum absolute atomic E-state index is 0.0104. The van der Waals surface area contributed by atoms with Gasteiger partial charge < -0.3 is 15.4 Å². The number of alkyl halides is 3. The number of nitriles is 1. The predicted molar refractivity (Wildman–Crippen MR) is 111 cm³/mol. The van der Waals surface area contributed by atoms with Gasteiger partial charge in [-0.05, 0) is 48.5 Å². The molecule has 0 spiro atoms. The van der Waals surface area contributed by atoms with Crippen molar-refractivity contribution in [2.24, 2.45) is 0 Å². The molecule has 2 amide bonds. The van der Waals surface area contributed by atoms with Gasteiger partial charge in [-0.15, -0.1) is 0 Å². The molecule has 0 radical (unpaired) electrons. The first-order chi connectivity index (χ1) is 15.3. The molecule has 0 aliphatic heterocycles. The van der Waals surface area contributed by atoms with E-state index in [0.717, 1.165) is 12.1 Å². The largest absolute Gasteiger partial charge is 0.482 e. The zero-order chi connectivity index (χ0) is 23.1. The van der Waals surface area contributed by atoms with E-state index in [1.165, 1.54) is 30.3 Å². The van der Waals surface area contributed by atoms with Crippen LogP contribution in [0.25, 0.3) is 0 Å². The summed E-state index contributed by atoms with van der Waals surface area (Å²) in [6, 6.07) is 18.6. The van der Waals surface area contributed by atoms with Crippen molar-refractivity contribution in [3.8, 4) is 11.8 Å². The van der Waals surface area contributed by atoms with Crippen LogP contribution in [0, 0.1) is 11.3 Å². The summed E-state index contributed by atoms with van der Waals surface area (Å²) in [5, 5.41) is 14.0. The van der Waals surface area contributed by atoms with Crippen molar-refractivity contribution in [3.05, 3.63) is 89.5 Å². The summed E-state index contributed by atoms with van der Waals surface area (Å²) in [6.45, 7) is -0.362. The average molecular weight is 439 g/mol. The summed E-state index contributed by atoms with van der Waals surface area (Å²) in [6.07, 6.45) is -4.53. The first kappa shape index (κ1) is 22.4. The standard InChI is InChI=1S/C23H16F3N3O3/c24-23(25,26)17-7-4-9-19(12-17)29-22(31)15-6-3-8-18(11-15)28-21(30)14-32-20-10-2-1-5-16(20)13-27/h1-12H,14H2,(H,28,30)(H,29,31). The molecule has 0 fully saturated rings. The molecule has 32 heavy (non-hydrogen) atoms. The van der Waals surface area contributed by atoms with Crippen LogP contribution in [0.1, 0.15) is 21.5 Å². The highest BCUT2D eigenvalue weighted by atomic mass is 19.4. The van der Waals surface area contributed by atoms with E-state index in [-0.39, 0.29) is 29.2 Å². The Balaban J connectivity index is 1.63. The van der Waals surface area contributed by atoms with E-state index in [2.05, 4.69) is 10.6 Å². The van der Waals surface area contributed by atoms with Crippen LogP contribution in [0.5, 0.6) is 5.75 Å². The van der Waals surface area contributed by atoms with E-state index >= 15 is 0 Å². The van der Waals surface area contributed by atoms with Crippen molar-refractivity contribution < 1.29 is 27.5 Å². The molecule has 3 aromatic carbocycles. The summed E-state index contributed by atoms with van der Waals surface area (Å²) < 4.78 is 43.9. The minimum Gasteiger partial charge on any atom is -0.482 e. The topological polar surface area (TPSA) is 91.2 Å². The molecule has 0 atom stereocenters. The fourth-order valence-corrected chi connectivity index (χ4v) is 2.74. The van der Waals surface area contributed by atoms with Gasteiger partial charge in [0.1, 0.15) is 11.8 Å². The van der Waals surface area contributed by atoms with Crippen LogP contribution >= 0.6 is 0 Å². The smallest absolute Gasteiger partial charge is 0.416 e. The third-order valence-electron chi connectivity index (χ3n) is 4.22. The van der Waals surface area contributed by atoms with Gasteiger partial charge in [-0.3, -0.25) is 9.59 Å². The fraction of sp³-hybridized carbons (Fsp3) is 0.0870. The Kier molecular flexibility index (Phi) is 6.75. The SMILES string of the molecule is N#Cc1ccccc1OCC(=O)Nc1cccc(C(=O)Nc2cccc(C(F)(F)F)c2)c1. The second kappa shape index (κ2) is 9.66. The maximum atomic E-state index is 12.8. The van der Waals surface area contributed by atoms with Gasteiger partial charge in [0.15, 0.2) is 6.61 Å². The van der Waals surface area contributed by atoms with E-state index in [9.17, 15) is 22.8 Å². The molecular weight excluding hydrogens is 423 g/mol. The Bertz CT molecular complexity index is 1190. The van der Waals surface area contributed by atoms with E-state index < -0.39 is 23.6 Å². The molecule has 0 saturated carbocycles. The Labute approximate surface area is 181 Å². The maximum Gasteiger partial charge on any atom is 0.416 e. The molecule has 0 unspecified atom stereocenters. The van der Waals surface area contributed by atoms with E-state index in [1.54, 1.807) is 30.3 Å². The van der Waals surface area contributed by atoms with Crippen LogP contribution in [0.4, 0.5) is 24.5 Å². The molecule has 162 valence electrons. The summed E-state index contributed by atoms with van der Waals surface area (Å²) >= 11 is 0. The highest BCUT2D eigenvalue weighted by Crippen LogP contribution is 2.30. The number of halogens is 3. The van der Waals surface area contributed by atoms with Gasteiger partial charge in [0.25, 0.3) is 11.8 Å². The summed E-state index contributed by atoms with van der Waals surface area (Å²) in [5.41, 5.74) is -0.175. The number of rotatable bonds is 6. The Morgan fingerprint density at radius 2 is 1.59 bits per heavy atom. The van der Waals surface area contributed by atoms with Crippen molar-refractivity contribution in [3.63, 3.8) is 0 Å². The van der Waals surface area contributed by atoms with Gasteiger partial charge in [-0.25, -0.2) is 0 Å². The molecule has 3 aromatic rings. The van der Waals surface area contributed by atoms with Crippen LogP contribution in [0.2, 0.25) is 0 Å². The monoisotopic (exact) mass is 439 g/mol. The normalized spacial score (nSPS) is 10.7. The Hall–Kier alpha value is -4.32. The lowest BCUT2D eigenvalue weighted by atomic mass is 10.1. The van der Waals surface area contributed by atoms with Crippen LogP contribution < -0.4 is 15.4 Å². The molecule has 0 saturated heterocycles. The number of ether oxygens (including phenoxy) is 1. The lowest BCUT2D eigenvalue weighted by Crippen LogP contribution is -2.21. The molecule has 9 heteroatoms. The van der Waals surface area contributed by atoms with Crippen LogP contribution in [0.3, 0.4) is 0 Å². The van der Waals surface area contributed by atoms with E-state index in [4.69, 9.17) is 10.00 Å². The zero-order valence-electron chi connectivity index (χ0n) is 16.4. The number of nitrogens with one attached hydrogen (secondary N) is 2. The number of amides is 2. The number of hydrogen-bond acceptors (Lipinski definition) is 4. The molecule has 0 aromatic heterocycles. The second-order valence-electron chi connectivity index (χ2n) is 6.56. The maximum absolute atomic E-state index is 12.8.